The lowest BCUT2D eigenvalue weighted by atomic mass is 10.1. The Morgan fingerprint density at radius 2 is 2.31 bits per heavy atom. The van der Waals surface area contributed by atoms with Crippen molar-refractivity contribution in [3.05, 3.63) is 33.8 Å². The molecule has 2 N–H and O–H groups in total. The Bertz CT molecular complexity index is 325. The standard InChI is InChI=1S/C9H10BrNO2/c1-13-9(12)6-2-3-8(10)7(4-6)5-11/h2-4H,5,11H2,1H3. The quantitative estimate of drug-likeness (QED) is 0.805. The van der Waals surface area contributed by atoms with E-state index < -0.39 is 0 Å². The van der Waals surface area contributed by atoms with E-state index in [0.29, 0.717) is 12.1 Å². The SMILES string of the molecule is COC(=O)c1ccc(Br)c(CN)c1. The highest BCUT2D eigenvalue weighted by atomic mass is 79.9. The maximum absolute atomic E-state index is 11.1. The second-order valence-electron chi connectivity index (χ2n) is 2.50. The minimum atomic E-state index is -0.345. The van der Waals surface area contributed by atoms with Crippen LogP contribution in [-0.2, 0) is 11.3 Å². The molecule has 1 rings (SSSR count). The number of hydrogen-bond acceptors (Lipinski definition) is 3. The van der Waals surface area contributed by atoms with Crippen LogP contribution in [0.15, 0.2) is 22.7 Å². The molecule has 0 spiro atoms. The number of hydrogen-bond donors (Lipinski definition) is 1. The topological polar surface area (TPSA) is 52.3 Å². The minimum absolute atomic E-state index is 0.345. The fraction of sp³-hybridized carbons (Fsp3) is 0.222. The van der Waals surface area contributed by atoms with Gasteiger partial charge in [0.15, 0.2) is 0 Å². The van der Waals surface area contributed by atoms with Crippen molar-refractivity contribution in [2.24, 2.45) is 5.73 Å². The van der Waals surface area contributed by atoms with Crippen molar-refractivity contribution in [2.75, 3.05) is 7.11 Å². The molecule has 0 fully saturated rings. The number of rotatable bonds is 2. The van der Waals surface area contributed by atoms with Gasteiger partial charge < -0.3 is 10.5 Å². The summed E-state index contributed by atoms with van der Waals surface area (Å²) >= 11 is 3.33. The Balaban J connectivity index is 3.06. The van der Waals surface area contributed by atoms with Crippen LogP contribution in [0, 0.1) is 0 Å². The van der Waals surface area contributed by atoms with E-state index in [4.69, 9.17) is 5.73 Å². The van der Waals surface area contributed by atoms with Crippen LogP contribution in [0.4, 0.5) is 0 Å². The molecule has 0 aliphatic heterocycles. The van der Waals surface area contributed by atoms with E-state index in [1.54, 1.807) is 18.2 Å². The van der Waals surface area contributed by atoms with Crippen LogP contribution in [0.2, 0.25) is 0 Å². The third kappa shape index (κ3) is 2.29. The zero-order valence-corrected chi connectivity index (χ0v) is 8.80. The average Bonchev–Trinajstić information content (AvgIpc) is 2.17. The largest absolute Gasteiger partial charge is 0.465 e. The lowest BCUT2D eigenvalue weighted by Crippen LogP contribution is -2.04. The van der Waals surface area contributed by atoms with Crippen molar-refractivity contribution in [3.8, 4) is 0 Å². The number of nitrogens with two attached hydrogens (primary N) is 1. The highest BCUT2D eigenvalue weighted by Crippen LogP contribution is 2.18. The summed E-state index contributed by atoms with van der Waals surface area (Å²) in [5, 5.41) is 0. The minimum Gasteiger partial charge on any atom is -0.465 e. The third-order valence-electron chi connectivity index (χ3n) is 1.69. The second-order valence-corrected chi connectivity index (χ2v) is 3.36. The fourth-order valence-electron chi connectivity index (χ4n) is 0.976. The van der Waals surface area contributed by atoms with Crippen LogP contribution in [0.25, 0.3) is 0 Å². The van der Waals surface area contributed by atoms with Gasteiger partial charge in [-0.2, -0.15) is 0 Å². The summed E-state index contributed by atoms with van der Waals surface area (Å²) in [7, 11) is 1.35. The van der Waals surface area contributed by atoms with E-state index in [-0.39, 0.29) is 5.97 Å². The van der Waals surface area contributed by atoms with Crippen molar-refractivity contribution in [1.29, 1.82) is 0 Å². The van der Waals surface area contributed by atoms with Gasteiger partial charge in [0, 0.05) is 11.0 Å². The Morgan fingerprint density at radius 1 is 1.62 bits per heavy atom. The molecule has 1 aromatic carbocycles. The van der Waals surface area contributed by atoms with E-state index >= 15 is 0 Å². The third-order valence-corrected chi connectivity index (χ3v) is 2.46. The molecule has 13 heavy (non-hydrogen) atoms. The first-order valence-electron chi connectivity index (χ1n) is 3.76. The Hall–Kier alpha value is -0.870. The molecule has 3 nitrogen and oxygen atoms in total. The molecule has 0 aromatic heterocycles. The number of esters is 1. The molecule has 4 heteroatoms. The number of halogens is 1. The molecular formula is C9H10BrNO2. The van der Waals surface area contributed by atoms with Gasteiger partial charge >= 0.3 is 5.97 Å². The summed E-state index contributed by atoms with van der Waals surface area (Å²) in [5.41, 5.74) is 6.89. The van der Waals surface area contributed by atoms with Gasteiger partial charge in [-0.25, -0.2) is 4.79 Å². The predicted molar refractivity (Wildman–Crippen MR) is 53.4 cm³/mol. The normalized spacial score (nSPS) is 9.77. The van der Waals surface area contributed by atoms with Crippen molar-refractivity contribution in [3.63, 3.8) is 0 Å². The smallest absolute Gasteiger partial charge is 0.337 e. The van der Waals surface area contributed by atoms with Gasteiger partial charge in [0.2, 0.25) is 0 Å². The first-order chi connectivity index (χ1) is 6.19. The Labute approximate surface area is 85.0 Å². The van der Waals surface area contributed by atoms with Gasteiger partial charge in [0.05, 0.1) is 12.7 Å². The molecule has 70 valence electrons. The molecule has 0 aliphatic carbocycles. The van der Waals surface area contributed by atoms with Crippen LogP contribution in [0.3, 0.4) is 0 Å². The van der Waals surface area contributed by atoms with Crippen molar-refractivity contribution in [1.82, 2.24) is 0 Å². The number of ether oxygens (including phenoxy) is 1. The molecule has 0 bridgehead atoms. The van der Waals surface area contributed by atoms with Crippen LogP contribution in [0.1, 0.15) is 15.9 Å². The van der Waals surface area contributed by atoms with Gasteiger partial charge in [-0.15, -0.1) is 0 Å². The van der Waals surface area contributed by atoms with E-state index in [2.05, 4.69) is 20.7 Å². The van der Waals surface area contributed by atoms with E-state index in [9.17, 15) is 4.79 Å². The Kier molecular flexibility index (Phi) is 3.45. The summed E-state index contributed by atoms with van der Waals surface area (Å²) in [6.45, 7) is 0.394. The van der Waals surface area contributed by atoms with Crippen molar-refractivity contribution in [2.45, 2.75) is 6.54 Å². The van der Waals surface area contributed by atoms with Gasteiger partial charge in [-0.3, -0.25) is 0 Å². The number of carbonyl (C=O) groups excluding carboxylic acids is 1. The van der Waals surface area contributed by atoms with Crippen LogP contribution in [-0.4, -0.2) is 13.1 Å². The number of carbonyl (C=O) groups is 1. The molecular weight excluding hydrogens is 234 g/mol. The van der Waals surface area contributed by atoms with E-state index in [1.807, 2.05) is 0 Å². The fourth-order valence-corrected chi connectivity index (χ4v) is 1.38. The highest BCUT2D eigenvalue weighted by Gasteiger charge is 2.07. The Morgan fingerprint density at radius 3 is 2.85 bits per heavy atom. The maximum atomic E-state index is 11.1. The van der Waals surface area contributed by atoms with Crippen molar-refractivity contribution >= 4 is 21.9 Å². The van der Waals surface area contributed by atoms with E-state index in [0.717, 1.165) is 10.0 Å². The lowest BCUT2D eigenvalue weighted by molar-refractivity contribution is 0.0600. The highest BCUT2D eigenvalue weighted by molar-refractivity contribution is 9.10. The zero-order chi connectivity index (χ0) is 9.84. The number of methoxy groups -OCH3 is 1. The zero-order valence-electron chi connectivity index (χ0n) is 7.21. The summed E-state index contributed by atoms with van der Waals surface area (Å²) < 4.78 is 5.49. The second kappa shape index (κ2) is 4.39. The van der Waals surface area contributed by atoms with Gasteiger partial charge in [-0.1, -0.05) is 15.9 Å². The van der Waals surface area contributed by atoms with Gasteiger partial charge in [-0.05, 0) is 23.8 Å². The first kappa shape index (κ1) is 10.2. The molecule has 0 amide bonds. The van der Waals surface area contributed by atoms with Crippen LogP contribution in [0.5, 0.6) is 0 Å². The van der Waals surface area contributed by atoms with Crippen LogP contribution >= 0.6 is 15.9 Å². The summed E-state index contributed by atoms with van der Waals surface area (Å²) in [6.07, 6.45) is 0. The summed E-state index contributed by atoms with van der Waals surface area (Å²) in [4.78, 5) is 11.1. The first-order valence-corrected chi connectivity index (χ1v) is 4.55. The summed E-state index contributed by atoms with van der Waals surface area (Å²) in [5.74, 6) is -0.345. The molecule has 0 heterocycles. The molecule has 1 aromatic rings. The average molecular weight is 244 g/mol. The molecule has 0 atom stereocenters. The predicted octanol–water partition coefficient (Wildman–Crippen LogP) is 1.69. The van der Waals surface area contributed by atoms with Gasteiger partial charge in [0.1, 0.15) is 0 Å². The molecule has 0 unspecified atom stereocenters. The van der Waals surface area contributed by atoms with E-state index in [1.165, 1.54) is 7.11 Å². The number of benzene rings is 1. The summed E-state index contributed by atoms with van der Waals surface area (Å²) in [6, 6.07) is 5.19. The molecule has 0 saturated carbocycles. The van der Waals surface area contributed by atoms with Gasteiger partial charge in [0.25, 0.3) is 0 Å². The monoisotopic (exact) mass is 243 g/mol. The lowest BCUT2D eigenvalue weighted by Gasteiger charge is -2.03. The maximum Gasteiger partial charge on any atom is 0.337 e. The molecule has 0 aliphatic rings. The van der Waals surface area contributed by atoms with Crippen LogP contribution < -0.4 is 5.73 Å². The molecule has 0 radical (unpaired) electrons. The molecule has 0 saturated heterocycles. The van der Waals surface area contributed by atoms with Crippen molar-refractivity contribution < 1.29 is 9.53 Å².